The van der Waals surface area contributed by atoms with Crippen LogP contribution in [-0.2, 0) is 14.3 Å². The van der Waals surface area contributed by atoms with E-state index in [9.17, 15) is 18.0 Å². The highest BCUT2D eigenvalue weighted by Crippen LogP contribution is 2.38. The third-order valence-electron chi connectivity index (χ3n) is 3.42. The maximum atomic E-state index is 11.9. The Balaban J connectivity index is 1.71. The van der Waals surface area contributed by atoms with Crippen molar-refractivity contribution in [1.82, 2.24) is 5.32 Å². The monoisotopic (exact) mass is 313 g/mol. The summed E-state index contributed by atoms with van der Waals surface area (Å²) in [6.45, 7) is -1.37. The molecule has 0 radical (unpaired) electrons. The number of ether oxygens (including phenoxy) is 2. The van der Waals surface area contributed by atoms with Crippen LogP contribution >= 0.6 is 11.8 Å². The van der Waals surface area contributed by atoms with Gasteiger partial charge in [0.2, 0.25) is 5.91 Å². The maximum absolute atomic E-state index is 11.9. The molecule has 1 N–H and O–H groups in total. The van der Waals surface area contributed by atoms with Crippen molar-refractivity contribution in [3.05, 3.63) is 0 Å². The molecule has 4 nitrogen and oxygen atoms in total. The van der Waals surface area contributed by atoms with E-state index in [-0.39, 0.29) is 11.6 Å². The van der Waals surface area contributed by atoms with E-state index in [1.165, 1.54) is 0 Å². The molecular weight excluding hydrogens is 295 g/mol. The highest BCUT2D eigenvalue weighted by atomic mass is 32.2. The molecule has 1 amide bonds. The van der Waals surface area contributed by atoms with Crippen molar-refractivity contribution in [3.63, 3.8) is 0 Å². The number of carbonyl (C=O) groups excluding carboxylic acids is 1. The highest BCUT2D eigenvalue weighted by molar-refractivity contribution is 7.99. The summed E-state index contributed by atoms with van der Waals surface area (Å²) in [5, 5.41) is 2.74. The fourth-order valence-corrected chi connectivity index (χ4v) is 3.92. The number of amides is 1. The molecule has 8 heteroatoms. The molecule has 0 aromatic heterocycles. The summed E-state index contributed by atoms with van der Waals surface area (Å²) in [5.74, 6) is 1.47. The van der Waals surface area contributed by atoms with Crippen LogP contribution in [0.5, 0.6) is 0 Å². The number of nitrogens with one attached hydrogen (secondary N) is 1. The van der Waals surface area contributed by atoms with E-state index in [1.54, 1.807) is 0 Å². The van der Waals surface area contributed by atoms with Crippen molar-refractivity contribution in [1.29, 1.82) is 0 Å². The van der Waals surface area contributed by atoms with Crippen molar-refractivity contribution in [2.75, 3.05) is 31.3 Å². The number of rotatable bonds is 4. The van der Waals surface area contributed by atoms with E-state index in [0.717, 1.165) is 24.3 Å². The van der Waals surface area contributed by atoms with Gasteiger partial charge in [0.1, 0.15) is 13.2 Å². The van der Waals surface area contributed by atoms with E-state index in [0.29, 0.717) is 13.0 Å². The van der Waals surface area contributed by atoms with Gasteiger partial charge in [-0.3, -0.25) is 4.79 Å². The first-order chi connectivity index (χ1) is 9.39. The smallest absolute Gasteiger partial charge is 0.374 e. The molecule has 116 valence electrons. The van der Waals surface area contributed by atoms with Crippen LogP contribution in [0.15, 0.2) is 0 Å². The van der Waals surface area contributed by atoms with Gasteiger partial charge in [-0.25, -0.2) is 0 Å². The lowest BCUT2D eigenvalue weighted by molar-refractivity contribution is -0.176. The topological polar surface area (TPSA) is 47.6 Å². The van der Waals surface area contributed by atoms with Crippen LogP contribution < -0.4 is 5.32 Å². The van der Waals surface area contributed by atoms with Crippen LogP contribution in [0.25, 0.3) is 0 Å². The average Bonchev–Trinajstić information content (AvgIpc) is 2.75. The summed E-state index contributed by atoms with van der Waals surface area (Å²) in [4.78, 5) is 11.6. The van der Waals surface area contributed by atoms with Gasteiger partial charge < -0.3 is 14.8 Å². The summed E-state index contributed by atoms with van der Waals surface area (Å²) < 4.78 is 45.8. The van der Waals surface area contributed by atoms with Gasteiger partial charge in [-0.2, -0.15) is 24.9 Å². The minimum Gasteiger partial charge on any atom is -0.374 e. The van der Waals surface area contributed by atoms with Gasteiger partial charge in [0.15, 0.2) is 0 Å². The number of hydrogen-bond acceptors (Lipinski definition) is 4. The molecule has 0 saturated carbocycles. The first-order valence-electron chi connectivity index (χ1n) is 6.54. The van der Waals surface area contributed by atoms with Crippen molar-refractivity contribution in [2.24, 2.45) is 0 Å². The lowest BCUT2D eigenvalue weighted by Gasteiger charge is -2.38. The van der Waals surface area contributed by atoms with Gasteiger partial charge in [-0.05, 0) is 25.0 Å². The summed E-state index contributed by atoms with van der Waals surface area (Å²) in [5.41, 5.74) is -0.159. The van der Waals surface area contributed by atoms with Crippen molar-refractivity contribution >= 4 is 17.7 Å². The van der Waals surface area contributed by atoms with Crippen LogP contribution in [0.4, 0.5) is 13.2 Å². The number of halogens is 3. The third-order valence-corrected chi connectivity index (χ3v) is 4.65. The number of thioether (sulfide) groups is 1. The molecule has 2 aliphatic heterocycles. The summed E-state index contributed by atoms with van der Waals surface area (Å²) in [7, 11) is 0. The Bertz CT molecular complexity index is 345. The molecule has 0 aromatic carbocycles. The highest BCUT2D eigenvalue weighted by Gasteiger charge is 2.40. The van der Waals surface area contributed by atoms with Crippen LogP contribution in [0.2, 0.25) is 0 Å². The first-order valence-corrected chi connectivity index (χ1v) is 7.70. The Hall–Kier alpha value is -0.470. The van der Waals surface area contributed by atoms with E-state index in [1.807, 2.05) is 11.8 Å². The molecule has 2 unspecified atom stereocenters. The van der Waals surface area contributed by atoms with Gasteiger partial charge in [-0.15, -0.1) is 0 Å². The molecule has 2 atom stereocenters. The SMILES string of the molecule is O=C(COCC(F)(F)F)NC1CCOC2(CCSC2)C1. The molecule has 20 heavy (non-hydrogen) atoms. The Morgan fingerprint density at radius 1 is 1.50 bits per heavy atom. The number of alkyl halides is 3. The van der Waals surface area contributed by atoms with E-state index in [2.05, 4.69) is 10.1 Å². The zero-order chi connectivity index (χ0) is 14.6. The van der Waals surface area contributed by atoms with Crippen LogP contribution in [0.1, 0.15) is 19.3 Å². The predicted molar refractivity (Wildman–Crippen MR) is 68.7 cm³/mol. The standard InChI is InChI=1S/C12H18F3NO3S/c13-12(14,15)7-18-6-10(17)16-9-1-3-19-11(5-9)2-4-20-8-11/h9H,1-8H2,(H,16,17). The van der Waals surface area contributed by atoms with E-state index in [4.69, 9.17) is 4.74 Å². The fraction of sp³-hybridized carbons (Fsp3) is 0.917. The second-order valence-electron chi connectivity index (χ2n) is 5.20. The molecule has 2 rings (SSSR count). The predicted octanol–water partition coefficient (Wildman–Crippen LogP) is 1.74. The van der Waals surface area contributed by atoms with Crippen LogP contribution in [0.3, 0.4) is 0 Å². The molecule has 2 fully saturated rings. The van der Waals surface area contributed by atoms with Crippen LogP contribution in [0, 0.1) is 0 Å². The molecule has 2 saturated heterocycles. The first kappa shape index (κ1) is 15.9. The quantitative estimate of drug-likeness (QED) is 0.859. The second-order valence-corrected chi connectivity index (χ2v) is 6.30. The lowest BCUT2D eigenvalue weighted by atomic mass is 9.90. The molecule has 0 aliphatic carbocycles. The number of hydrogen-bond donors (Lipinski definition) is 1. The molecular formula is C12H18F3NO3S. The number of carbonyl (C=O) groups is 1. The third kappa shape index (κ3) is 4.82. The molecule has 1 spiro atoms. The summed E-state index contributed by atoms with van der Waals surface area (Å²) in [6.07, 6.45) is -2.01. The van der Waals surface area contributed by atoms with Crippen molar-refractivity contribution in [2.45, 2.75) is 37.1 Å². The summed E-state index contributed by atoms with van der Waals surface area (Å²) in [6, 6.07) is -0.0376. The summed E-state index contributed by atoms with van der Waals surface area (Å²) >= 11 is 1.83. The van der Waals surface area contributed by atoms with Crippen molar-refractivity contribution < 1.29 is 27.4 Å². The van der Waals surface area contributed by atoms with Gasteiger partial charge >= 0.3 is 6.18 Å². The van der Waals surface area contributed by atoms with Gasteiger partial charge in [0.05, 0.1) is 5.60 Å². The Labute approximate surface area is 119 Å². The van der Waals surface area contributed by atoms with Gasteiger partial charge in [0.25, 0.3) is 0 Å². The van der Waals surface area contributed by atoms with Crippen LogP contribution in [-0.4, -0.2) is 55.1 Å². The largest absolute Gasteiger partial charge is 0.411 e. The normalized spacial score (nSPS) is 30.6. The zero-order valence-corrected chi connectivity index (χ0v) is 11.8. The molecule has 0 aromatic rings. The minimum absolute atomic E-state index is 0.0376. The minimum atomic E-state index is -4.40. The van der Waals surface area contributed by atoms with Gasteiger partial charge in [0, 0.05) is 18.4 Å². The lowest BCUT2D eigenvalue weighted by Crippen LogP contribution is -2.49. The molecule has 2 heterocycles. The van der Waals surface area contributed by atoms with E-state index >= 15 is 0 Å². The second kappa shape index (κ2) is 6.53. The van der Waals surface area contributed by atoms with Crippen molar-refractivity contribution in [3.8, 4) is 0 Å². The Morgan fingerprint density at radius 2 is 2.30 bits per heavy atom. The maximum Gasteiger partial charge on any atom is 0.411 e. The molecule has 2 aliphatic rings. The average molecular weight is 313 g/mol. The Kier molecular flexibility index (Phi) is 5.19. The Morgan fingerprint density at radius 3 is 2.95 bits per heavy atom. The van der Waals surface area contributed by atoms with E-state index < -0.39 is 25.3 Å². The zero-order valence-electron chi connectivity index (χ0n) is 11.0. The molecule has 0 bridgehead atoms. The fourth-order valence-electron chi connectivity index (χ4n) is 2.54. The van der Waals surface area contributed by atoms with Gasteiger partial charge in [-0.1, -0.05) is 0 Å².